The predicted octanol–water partition coefficient (Wildman–Crippen LogP) is -1.39. The lowest BCUT2D eigenvalue weighted by molar-refractivity contribution is 0.869. The van der Waals surface area contributed by atoms with Gasteiger partial charge in [0.05, 0.1) is 0 Å². The van der Waals surface area contributed by atoms with Crippen LogP contribution in [0.2, 0.25) is 0 Å². The Labute approximate surface area is 59.1 Å². The van der Waals surface area contributed by atoms with Crippen LogP contribution >= 0.6 is 0 Å². The van der Waals surface area contributed by atoms with Crippen molar-refractivity contribution in [1.82, 2.24) is 15.0 Å². The number of rotatable bonds is 1. The van der Waals surface area contributed by atoms with E-state index >= 15 is 0 Å². The normalized spacial score (nSPS) is 9.70. The topological polar surface area (TPSA) is 58.6 Å². The molecule has 0 aliphatic heterocycles. The maximum atomic E-state index is 10.7. The predicted molar refractivity (Wildman–Crippen MR) is 39.6 cm³/mol. The van der Waals surface area contributed by atoms with Gasteiger partial charge in [-0.05, 0) is 13.2 Å². The lowest BCUT2D eigenvalue weighted by Crippen LogP contribution is -2.16. The summed E-state index contributed by atoms with van der Waals surface area (Å²) in [6.07, 6.45) is 0.699. The van der Waals surface area contributed by atoms with Gasteiger partial charge in [0.1, 0.15) is 19.5 Å². The van der Waals surface area contributed by atoms with Gasteiger partial charge in [-0.3, -0.25) is 4.98 Å². The van der Waals surface area contributed by atoms with Crippen molar-refractivity contribution in [3.63, 3.8) is 0 Å². The Hall–Kier alpha value is -1.13. The molecule has 0 saturated heterocycles. The maximum absolute atomic E-state index is 10.7. The van der Waals surface area contributed by atoms with Gasteiger partial charge in [-0.2, -0.15) is 4.98 Å². The third kappa shape index (κ3) is 1.43. The highest BCUT2D eigenvalue weighted by Gasteiger charge is 1.94. The molecule has 0 spiro atoms. The second-order valence-electron chi connectivity index (χ2n) is 2.01. The number of aromatic nitrogens is 3. The quantitative estimate of drug-likeness (QED) is 0.484. The second-order valence-corrected chi connectivity index (χ2v) is 2.01. The molecule has 0 aromatic carbocycles. The Morgan fingerprint density at radius 3 is 2.80 bits per heavy atom. The summed E-state index contributed by atoms with van der Waals surface area (Å²) in [5, 5.41) is 0. The first-order chi connectivity index (χ1) is 4.72. The number of nitrogens with zero attached hydrogens (tertiary/aromatic N) is 2. The van der Waals surface area contributed by atoms with Gasteiger partial charge >= 0.3 is 5.69 Å². The average Bonchev–Trinajstić information content (AvgIpc) is 1.85. The van der Waals surface area contributed by atoms with Crippen LogP contribution in [0.5, 0.6) is 0 Å². The van der Waals surface area contributed by atoms with Crippen molar-refractivity contribution in [2.75, 3.05) is 0 Å². The van der Waals surface area contributed by atoms with Crippen LogP contribution in [-0.2, 0) is 6.32 Å². The molecular weight excluding hydrogens is 129 g/mol. The number of nitrogens with one attached hydrogen (secondary N) is 1. The minimum Gasteiger partial charge on any atom is -0.294 e. The largest absolute Gasteiger partial charge is 0.348 e. The second kappa shape index (κ2) is 2.64. The first-order valence-electron chi connectivity index (χ1n) is 3.16. The minimum atomic E-state index is -0.315. The fourth-order valence-electron chi connectivity index (χ4n) is 0.705. The zero-order valence-corrected chi connectivity index (χ0v) is 6.01. The van der Waals surface area contributed by atoms with Crippen LogP contribution in [0.4, 0.5) is 0 Å². The van der Waals surface area contributed by atoms with Gasteiger partial charge in [-0.25, -0.2) is 9.78 Å². The summed E-state index contributed by atoms with van der Waals surface area (Å²) in [4.78, 5) is 20.7. The Bertz CT molecular complexity index is 282. The van der Waals surface area contributed by atoms with Gasteiger partial charge < -0.3 is 0 Å². The summed E-state index contributed by atoms with van der Waals surface area (Å²) >= 11 is 0. The summed E-state index contributed by atoms with van der Waals surface area (Å²) in [5.74, 6) is 1.22. The van der Waals surface area contributed by atoms with E-state index in [1.807, 2.05) is 7.85 Å². The van der Waals surface area contributed by atoms with Crippen LogP contribution in [0, 0.1) is 6.92 Å². The Kier molecular flexibility index (Phi) is 1.84. The molecule has 1 rings (SSSR count). The van der Waals surface area contributed by atoms with Gasteiger partial charge in [0, 0.05) is 0 Å². The number of H-pyrrole nitrogens is 1. The molecule has 1 aromatic rings. The van der Waals surface area contributed by atoms with E-state index in [1.54, 1.807) is 6.92 Å². The molecule has 1 heterocycles. The lowest BCUT2D eigenvalue weighted by atomic mass is 10.1. The highest BCUT2D eigenvalue weighted by atomic mass is 16.1. The van der Waals surface area contributed by atoms with E-state index < -0.39 is 0 Å². The molecule has 0 atom stereocenters. The molecule has 5 heteroatoms. The minimum absolute atomic E-state index is 0.315. The fraction of sp³-hybridized carbons (Fsp3) is 0.400. The van der Waals surface area contributed by atoms with Crippen LogP contribution in [0.15, 0.2) is 4.79 Å². The van der Waals surface area contributed by atoms with Crippen LogP contribution < -0.4 is 5.69 Å². The van der Waals surface area contributed by atoms with Gasteiger partial charge in [-0.15, -0.1) is 0 Å². The summed E-state index contributed by atoms with van der Waals surface area (Å²) in [6, 6.07) is 0. The van der Waals surface area contributed by atoms with E-state index in [4.69, 9.17) is 0 Å². The molecule has 1 N–H and O–H groups in total. The first-order valence-corrected chi connectivity index (χ1v) is 3.16. The van der Waals surface area contributed by atoms with Crippen LogP contribution in [0.3, 0.4) is 0 Å². The van der Waals surface area contributed by atoms with Gasteiger partial charge in [0.25, 0.3) is 0 Å². The molecule has 4 nitrogen and oxygen atoms in total. The highest BCUT2D eigenvalue weighted by molar-refractivity contribution is 6.07. The molecule has 0 radical (unpaired) electrons. The van der Waals surface area contributed by atoms with Crippen LogP contribution in [-0.4, -0.2) is 22.8 Å². The number of hydrogen-bond acceptors (Lipinski definition) is 3. The molecule has 52 valence electrons. The van der Waals surface area contributed by atoms with Crippen molar-refractivity contribution in [3.8, 4) is 0 Å². The van der Waals surface area contributed by atoms with Gasteiger partial charge in [0.15, 0.2) is 0 Å². The Morgan fingerprint density at radius 1 is 1.60 bits per heavy atom. The van der Waals surface area contributed by atoms with Gasteiger partial charge in [-0.1, -0.05) is 0 Å². The molecule has 0 aliphatic carbocycles. The number of aromatic amines is 1. The van der Waals surface area contributed by atoms with Crippen molar-refractivity contribution in [2.45, 2.75) is 13.2 Å². The SMILES string of the molecule is BCc1nc(C)[nH]c(=O)n1. The van der Waals surface area contributed by atoms with Crippen LogP contribution in [0.1, 0.15) is 11.6 Å². The van der Waals surface area contributed by atoms with E-state index in [0.29, 0.717) is 18.0 Å². The molecule has 0 fully saturated rings. The Morgan fingerprint density at radius 2 is 2.30 bits per heavy atom. The van der Waals surface area contributed by atoms with Crippen molar-refractivity contribution in [1.29, 1.82) is 0 Å². The van der Waals surface area contributed by atoms with Crippen molar-refractivity contribution < 1.29 is 0 Å². The third-order valence-electron chi connectivity index (χ3n) is 1.13. The average molecular weight is 137 g/mol. The number of aryl methyl sites for hydroxylation is 1. The van der Waals surface area contributed by atoms with Gasteiger partial charge in [0.2, 0.25) is 0 Å². The molecule has 0 bridgehead atoms. The zero-order chi connectivity index (χ0) is 7.56. The Balaban J connectivity index is 3.19. The van der Waals surface area contributed by atoms with Crippen molar-refractivity contribution >= 4 is 7.85 Å². The molecule has 0 amide bonds. The van der Waals surface area contributed by atoms with Crippen LogP contribution in [0.25, 0.3) is 0 Å². The smallest absolute Gasteiger partial charge is 0.294 e. The highest BCUT2D eigenvalue weighted by Crippen LogP contribution is 1.83. The molecule has 1 aromatic heterocycles. The summed E-state index contributed by atoms with van der Waals surface area (Å²) < 4.78 is 0. The third-order valence-corrected chi connectivity index (χ3v) is 1.13. The van der Waals surface area contributed by atoms with E-state index in [0.717, 1.165) is 0 Å². The maximum Gasteiger partial charge on any atom is 0.348 e. The molecule has 0 saturated carbocycles. The number of hydrogen-bond donors (Lipinski definition) is 1. The summed E-state index contributed by atoms with van der Waals surface area (Å²) in [7, 11) is 1.91. The lowest BCUT2D eigenvalue weighted by Gasteiger charge is -1.93. The van der Waals surface area contributed by atoms with Crippen molar-refractivity contribution in [2.24, 2.45) is 0 Å². The first kappa shape index (κ1) is 6.99. The summed E-state index contributed by atoms with van der Waals surface area (Å²) in [5.41, 5.74) is -0.315. The molecule has 0 unspecified atom stereocenters. The molecular formula is C5H8BN3O. The van der Waals surface area contributed by atoms with E-state index in [9.17, 15) is 4.79 Å². The van der Waals surface area contributed by atoms with E-state index in [2.05, 4.69) is 15.0 Å². The fourth-order valence-corrected chi connectivity index (χ4v) is 0.705. The monoisotopic (exact) mass is 137 g/mol. The van der Waals surface area contributed by atoms with Crippen molar-refractivity contribution in [3.05, 3.63) is 22.1 Å². The van der Waals surface area contributed by atoms with E-state index in [-0.39, 0.29) is 5.69 Å². The zero-order valence-electron chi connectivity index (χ0n) is 6.01. The molecule has 0 aliphatic rings. The van der Waals surface area contributed by atoms with E-state index in [1.165, 1.54) is 0 Å². The molecule has 10 heavy (non-hydrogen) atoms. The summed E-state index contributed by atoms with van der Waals surface area (Å²) in [6.45, 7) is 1.74. The standard InChI is InChI=1S/C5H8BN3O/c1-3-7-4(2-6)9-5(10)8-3/h2,6H2,1H3,(H,7,8,9,10).